The Labute approximate surface area is 206 Å². The van der Waals surface area contributed by atoms with Crippen LogP contribution in [0.1, 0.15) is 16.7 Å². The molecule has 0 spiro atoms. The molecule has 8 heteroatoms. The van der Waals surface area contributed by atoms with Crippen molar-refractivity contribution in [1.82, 2.24) is 0 Å². The molecule has 0 aliphatic heterocycles. The highest BCUT2D eigenvalue weighted by Gasteiger charge is 2.35. The zero-order valence-corrected chi connectivity index (χ0v) is 20.4. The van der Waals surface area contributed by atoms with Crippen LogP contribution in [0.2, 0.25) is 0 Å². The van der Waals surface area contributed by atoms with E-state index in [1.54, 1.807) is 0 Å². The Morgan fingerprint density at radius 3 is 1.63 bits per heavy atom. The second kappa shape index (κ2) is 13.9. The van der Waals surface area contributed by atoms with E-state index in [2.05, 4.69) is 0 Å². The molecule has 0 radical (unpaired) electrons. The smallest absolute Gasteiger partial charge is 0.264 e. The number of benzene rings is 3. The Morgan fingerprint density at radius 1 is 0.714 bits per heavy atom. The summed E-state index contributed by atoms with van der Waals surface area (Å²) in [4.78, 5) is 12.1. The monoisotopic (exact) mass is 498 g/mol. The van der Waals surface area contributed by atoms with Crippen LogP contribution < -0.4 is 0 Å². The maximum Gasteiger partial charge on any atom is 0.264 e. The quantitative estimate of drug-likeness (QED) is 0.232. The second-order valence-electron chi connectivity index (χ2n) is 8.00. The van der Waals surface area contributed by atoms with Gasteiger partial charge in [-0.3, -0.25) is 4.18 Å². The maximum absolute atomic E-state index is 12.1. The van der Waals surface area contributed by atoms with Crippen molar-refractivity contribution >= 4 is 16.4 Å². The van der Waals surface area contributed by atoms with Gasteiger partial charge in [0.25, 0.3) is 10.1 Å². The van der Waals surface area contributed by atoms with Crippen LogP contribution in [-0.4, -0.2) is 45.9 Å². The van der Waals surface area contributed by atoms with Crippen LogP contribution in [0.5, 0.6) is 0 Å². The van der Waals surface area contributed by atoms with Gasteiger partial charge < -0.3 is 19.0 Å². The summed E-state index contributed by atoms with van der Waals surface area (Å²) < 4.78 is 47.2. The van der Waals surface area contributed by atoms with Crippen LogP contribution in [0, 0.1) is 0 Å². The van der Waals surface area contributed by atoms with Crippen molar-refractivity contribution in [2.24, 2.45) is 0 Å². The van der Waals surface area contributed by atoms with Crippen molar-refractivity contribution in [3.8, 4) is 0 Å². The lowest BCUT2D eigenvalue weighted by Crippen LogP contribution is -2.46. The van der Waals surface area contributed by atoms with Crippen LogP contribution in [0.4, 0.5) is 0 Å². The van der Waals surface area contributed by atoms with Gasteiger partial charge in [0.05, 0.1) is 32.7 Å². The molecule has 0 N–H and O–H groups in total. The third-order valence-corrected chi connectivity index (χ3v) is 5.68. The molecule has 0 saturated heterocycles. The predicted octanol–water partition coefficient (Wildman–Crippen LogP) is 3.92. The van der Waals surface area contributed by atoms with E-state index in [1.165, 1.54) is 0 Å². The Bertz CT molecular complexity index is 1110. The van der Waals surface area contributed by atoms with Gasteiger partial charge >= 0.3 is 0 Å². The summed E-state index contributed by atoms with van der Waals surface area (Å²) in [6.07, 6.45) is -1.68. The molecule has 3 rings (SSSR count). The van der Waals surface area contributed by atoms with Gasteiger partial charge in [-0.25, -0.2) is 0 Å². The highest BCUT2D eigenvalue weighted by Crippen LogP contribution is 2.18. The van der Waals surface area contributed by atoms with E-state index in [0.29, 0.717) is 6.29 Å². The lowest BCUT2D eigenvalue weighted by atomic mass is 10.1. The van der Waals surface area contributed by atoms with Gasteiger partial charge in [0.15, 0.2) is 6.29 Å². The maximum atomic E-state index is 12.1. The average molecular weight is 499 g/mol. The topological polar surface area (TPSA) is 88.1 Å². The van der Waals surface area contributed by atoms with Crippen molar-refractivity contribution in [3.63, 3.8) is 0 Å². The molecule has 0 saturated carbocycles. The van der Waals surface area contributed by atoms with Gasteiger partial charge in [0, 0.05) is 0 Å². The van der Waals surface area contributed by atoms with Crippen molar-refractivity contribution in [1.29, 1.82) is 0 Å². The number of carbonyl (C=O) groups is 1. The summed E-state index contributed by atoms with van der Waals surface area (Å²) in [6.45, 7) is 0.395. The molecule has 0 aliphatic carbocycles. The Kier molecular flexibility index (Phi) is 10.6. The molecule has 0 fully saturated rings. The van der Waals surface area contributed by atoms with Gasteiger partial charge in [-0.05, 0) is 16.7 Å². The summed E-state index contributed by atoms with van der Waals surface area (Å²) >= 11 is 0. The Hall–Kier alpha value is -2.88. The molecule has 0 unspecified atom stereocenters. The van der Waals surface area contributed by atoms with E-state index in [0.717, 1.165) is 22.9 Å². The third kappa shape index (κ3) is 9.71. The normalized spacial score (nSPS) is 14.2. The van der Waals surface area contributed by atoms with Gasteiger partial charge in [0.1, 0.15) is 18.3 Å². The molecule has 7 nitrogen and oxygen atoms in total. The van der Waals surface area contributed by atoms with E-state index >= 15 is 0 Å². The number of aldehydes is 1. The summed E-state index contributed by atoms with van der Waals surface area (Å²) in [6, 6.07) is 28.2. The van der Waals surface area contributed by atoms with Crippen LogP contribution in [0.3, 0.4) is 0 Å². The molecular formula is C27H30O7S. The lowest BCUT2D eigenvalue weighted by molar-refractivity contribution is -0.151. The van der Waals surface area contributed by atoms with Gasteiger partial charge in [-0.2, -0.15) is 8.42 Å². The number of carbonyl (C=O) groups excluding carboxylic acids is 1. The largest absolute Gasteiger partial charge is 0.374 e. The zero-order valence-electron chi connectivity index (χ0n) is 19.6. The Morgan fingerprint density at radius 2 is 1.17 bits per heavy atom. The fourth-order valence-electron chi connectivity index (χ4n) is 3.43. The van der Waals surface area contributed by atoms with E-state index in [1.807, 2.05) is 91.0 Å². The van der Waals surface area contributed by atoms with Crippen LogP contribution >= 0.6 is 0 Å². The standard InChI is InChI=1S/C27H30O7S/c1-35(29,30)34-26(21-31-18-22-11-5-2-6-12-22)27(33-20-24-15-9-4-10-16-24)25(17-28)32-19-23-13-7-3-8-14-23/h2-17,25-27H,18-21H2,1H3/t25-,26+,27+/m0/s1. The molecule has 3 atom stereocenters. The molecule has 0 amide bonds. The molecule has 3 aromatic carbocycles. The van der Waals surface area contributed by atoms with Crippen molar-refractivity contribution in [3.05, 3.63) is 108 Å². The Balaban J connectivity index is 1.78. The summed E-state index contributed by atoms with van der Waals surface area (Å²) in [5, 5.41) is 0. The minimum absolute atomic E-state index is 0.125. The predicted molar refractivity (Wildman–Crippen MR) is 132 cm³/mol. The molecule has 0 aliphatic rings. The fraction of sp³-hybridized carbons (Fsp3) is 0.296. The molecule has 3 aromatic rings. The first-order chi connectivity index (χ1) is 16.9. The van der Waals surface area contributed by atoms with E-state index in [9.17, 15) is 13.2 Å². The van der Waals surface area contributed by atoms with Gasteiger partial charge in [-0.15, -0.1) is 0 Å². The highest BCUT2D eigenvalue weighted by atomic mass is 32.2. The SMILES string of the molecule is CS(=O)(=O)O[C@H](COCc1ccccc1)[C@H](OCc1ccccc1)[C@H](C=O)OCc1ccccc1. The first-order valence-electron chi connectivity index (χ1n) is 11.2. The molecule has 0 bridgehead atoms. The number of ether oxygens (including phenoxy) is 3. The molecule has 0 aromatic heterocycles. The third-order valence-electron chi connectivity index (χ3n) is 5.09. The fourth-order valence-corrected chi connectivity index (χ4v) is 4.04. The van der Waals surface area contributed by atoms with E-state index in [-0.39, 0.29) is 26.4 Å². The van der Waals surface area contributed by atoms with Crippen LogP contribution in [-0.2, 0) is 53.1 Å². The minimum atomic E-state index is -3.89. The van der Waals surface area contributed by atoms with Gasteiger partial charge in [-0.1, -0.05) is 91.0 Å². The van der Waals surface area contributed by atoms with Crippen LogP contribution in [0.15, 0.2) is 91.0 Å². The first kappa shape index (κ1) is 26.7. The van der Waals surface area contributed by atoms with Crippen molar-refractivity contribution < 1.29 is 31.6 Å². The summed E-state index contributed by atoms with van der Waals surface area (Å²) in [7, 11) is -3.89. The van der Waals surface area contributed by atoms with Gasteiger partial charge in [0.2, 0.25) is 0 Å². The average Bonchev–Trinajstić information content (AvgIpc) is 2.86. The summed E-state index contributed by atoms with van der Waals surface area (Å²) in [5.74, 6) is 0. The van der Waals surface area contributed by atoms with Crippen molar-refractivity contribution in [2.45, 2.75) is 38.1 Å². The second-order valence-corrected chi connectivity index (χ2v) is 9.60. The van der Waals surface area contributed by atoms with E-state index < -0.39 is 28.4 Å². The minimum Gasteiger partial charge on any atom is -0.374 e. The van der Waals surface area contributed by atoms with Crippen molar-refractivity contribution in [2.75, 3.05) is 12.9 Å². The lowest BCUT2D eigenvalue weighted by Gasteiger charge is -2.30. The zero-order chi connectivity index (χ0) is 24.9. The molecular weight excluding hydrogens is 468 g/mol. The molecule has 0 heterocycles. The highest BCUT2D eigenvalue weighted by molar-refractivity contribution is 7.86. The number of hydrogen-bond donors (Lipinski definition) is 0. The first-order valence-corrected chi connectivity index (χ1v) is 13.0. The number of rotatable bonds is 15. The number of hydrogen-bond acceptors (Lipinski definition) is 7. The van der Waals surface area contributed by atoms with E-state index in [4.69, 9.17) is 18.4 Å². The summed E-state index contributed by atoms with van der Waals surface area (Å²) in [5.41, 5.74) is 2.63. The molecule has 186 valence electrons. The van der Waals surface area contributed by atoms with Crippen LogP contribution in [0.25, 0.3) is 0 Å². The molecule has 35 heavy (non-hydrogen) atoms.